The maximum atomic E-state index is 3.59. The van der Waals surface area contributed by atoms with E-state index in [0.717, 1.165) is 24.0 Å². The monoisotopic (exact) mass is 685 g/mol. The van der Waals surface area contributed by atoms with Gasteiger partial charge in [-0.1, -0.05) is 125 Å². The molecule has 0 fully saturated rings. The molecule has 1 aliphatic carbocycles. The molecule has 0 aromatic heterocycles. The van der Waals surface area contributed by atoms with Crippen molar-refractivity contribution in [2.75, 3.05) is 0 Å². The van der Waals surface area contributed by atoms with Crippen molar-refractivity contribution < 1.29 is 32.7 Å². The van der Waals surface area contributed by atoms with Gasteiger partial charge in [-0.2, -0.15) is 60.7 Å². The summed E-state index contributed by atoms with van der Waals surface area (Å²) in [5.41, 5.74) is 13.8. The third kappa shape index (κ3) is 7.16. The summed E-state index contributed by atoms with van der Waals surface area (Å²) < 4.78 is 0. The predicted molar refractivity (Wildman–Crippen MR) is 195 cm³/mol. The van der Waals surface area contributed by atoms with Crippen LogP contribution in [0, 0.1) is 12.1 Å². The molecule has 0 atom stereocenters. The molecule has 0 heterocycles. The van der Waals surface area contributed by atoms with Gasteiger partial charge >= 0.3 is 0 Å². The molecule has 0 amide bonds. The molecular weight excluding hydrogens is 641 g/mol. The Morgan fingerprint density at radius 2 is 0.894 bits per heavy atom. The first-order valence-electron chi connectivity index (χ1n) is 17.1. The first-order valence-corrected chi connectivity index (χ1v) is 17.1. The Morgan fingerprint density at radius 3 is 1.32 bits per heavy atom. The fourth-order valence-electron chi connectivity index (χ4n) is 7.14. The number of unbranched alkanes of at least 4 members (excludes halogenated alkanes) is 2. The molecule has 1 heteroatoms. The second-order valence-corrected chi connectivity index (χ2v) is 12.3. The van der Waals surface area contributed by atoms with Crippen LogP contribution in [0.3, 0.4) is 0 Å². The van der Waals surface area contributed by atoms with Gasteiger partial charge in [-0.25, -0.2) is 0 Å². The zero-order valence-electron chi connectivity index (χ0n) is 28.1. The predicted octanol–water partition coefficient (Wildman–Crippen LogP) is 11.9. The zero-order chi connectivity index (χ0) is 31.8. The summed E-state index contributed by atoms with van der Waals surface area (Å²) in [4.78, 5) is 0. The Morgan fingerprint density at radius 1 is 0.468 bits per heavy atom. The molecule has 0 N–H and O–H groups in total. The molecule has 0 unspecified atom stereocenters. The normalized spacial score (nSPS) is 12.2. The van der Waals surface area contributed by atoms with Crippen molar-refractivity contribution in [2.45, 2.75) is 64.7 Å². The van der Waals surface area contributed by atoms with Crippen LogP contribution in [0.2, 0.25) is 0 Å². The van der Waals surface area contributed by atoms with E-state index in [9.17, 15) is 0 Å². The number of aryl methyl sites for hydroxylation is 3. The number of benzene rings is 6. The van der Waals surface area contributed by atoms with Crippen LogP contribution in [0.15, 0.2) is 140 Å². The Hall–Kier alpha value is -3.58. The molecule has 0 aliphatic heterocycles. The van der Waals surface area contributed by atoms with Crippen LogP contribution in [0.5, 0.6) is 0 Å². The minimum absolute atomic E-state index is 0. The van der Waals surface area contributed by atoms with Crippen LogP contribution in [0.1, 0.15) is 79.0 Å². The number of hydrogen-bond donors (Lipinski definition) is 0. The minimum atomic E-state index is -0.519. The van der Waals surface area contributed by atoms with Crippen LogP contribution >= 0.6 is 0 Å². The largest absolute Gasteiger partial charge is 0.179 e. The van der Waals surface area contributed by atoms with Crippen LogP contribution in [0.4, 0.5) is 0 Å². The van der Waals surface area contributed by atoms with Crippen molar-refractivity contribution in [1.29, 1.82) is 0 Å². The third-order valence-corrected chi connectivity index (χ3v) is 9.39. The van der Waals surface area contributed by atoms with Crippen LogP contribution in [-0.2, 0) is 57.4 Å². The van der Waals surface area contributed by atoms with Crippen molar-refractivity contribution in [3.63, 3.8) is 0 Å². The molecule has 6 aromatic rings. The minimum Gasteiger partial charge on any atom is -0.179 e. The zero-order valence-corrected chi connectivity index (χ0v) is 30.9. The molecule has 1 aliphatic rings. The van der Waals surface area contributed by atoms with E-state index in [1.807, 2.05) is 24.3 Å². The Balaban J connectivity index is 0.000000231. The van der Waals surface area contributed by atoms with Gasteiger partial charge in [0, 0.05) is 38.1 Å². The summed E-state index contributed by atoms with van der Waals surface area (Å²) in [7, 11) is 0. The SMILES string of the molecule is CCCCCc1cc(CC)cc(CC)c1.[Y].[c-]1ccccc1C1(c2[c-]cccc2)c2ccccc2-c2ccccc2-c2ccccc21. The van der Waals surface area contributed by atoms with Gasteiger partial charge < -0.3 is 0 Å². The second kappa shape index (κ2) is 16.5. The summed E-state index contributed by atoms with van der Waals surface area (Å²) in [5.74, 6) is 0. The van der Waals surface area contributed by atoms with Crippen LogP contribution in [0.25, 0.3) is 22.3 Å². The molecule has 47 heavy (non-hydrogen) atoms. The Labute approximate surface area is 308 Å². The van der Waals surface area contributed by atoms with E-state index in [1.54, 1.807) is 5.56 Å². The second-order valence-electron chi connectivity index (χ2n) is 12.3. The summed E-state index contributed by atoms with van der Waals surface area (Å²) in [5, 5.41) is 0. The molecule has 1 radical (unpaired) electrons. The molecule has 7 rings (SSSR count). The smallest absolute Gasteiger partial charge is 0.0266 e. The summed E-state index contributed by atoms with van der Waals surface area (Å²) in [6.07, 6.45) is 7.59. The molecule has 0 spiro atoms. The summed E-state index contributed by atoms with van der Waals surface area (Å²) in [6.45, 7) is 6.75. The van der Waals surface area contributed by atoms with Crippen molar-refractivity contribution in [1.82, 2.24) is 0 Å². The Kier molecular flexibility index (Phi) is 12.2. The van der Waals surface area contributed by atoms with Crippen molar-refractivity contribution in [3.8, 4) is 22.3 Å². The van der Waals surface area contributed by atoms with Gasteiger partial charge in [0.2, 0.25) is 0 Å². The van der Waals surface area contributed by atoms with E-state index < -0.39 is 5.41 Å². The summed E-state index contributed by atoms with van der Waals surface area (Å²) >= 11 is 0. The molecule has 0 bridgehead atoms. The third-order valence-electron chi connectivity index (χ3n) is 9.39. The summed E-state index contributed by atoms with van der Waals surface area (Å²) in [6, 6.07) is 57.4. The van der Waals surface area contributed by atoms with Crippen molar-refractivity contribution >= 4 is 0 Å². The molecule has 0 saturated heterocycles. The first kappa shape index (κ1) is 34.8. The number of hydrogen-bond acceptors (Lipinski definition) is 0. The van der Waals surface area contributed by atoms with Crippen LogP contribution in [-0.4, -0.2) is 0 Å². The fraction of sp³-hybridized carbons (Fsp3) is 0.217. The van der Waals surface area contributed by atoms with Crippen LogP contribution < -0.4 is 0 Å². The maximum absolute atomic E-state index is 3.59. The van der Waals surface area contributed by atoms with E-state index >= 15 is 0 Å². The van der Waals surface area contributed by atoms with Crippen molar-refractivity contribution in [3.05, 3.63) is 191 Å². The molecule has 0 saturated carbocycles. The van der Waals surface area contributed by atoms with Gasteiger partial charge in [-0.3, -0.25) is 0 Å². The van der Waals surface area contributed by atoms with Gasteiger partial charge in [-0.05, 0) is 75.8 Å². The number of fused-ring (bicyclic) bond motifs is 5. The number of rotatable bonds is 8. The topological polar surface area (TPSA) is 0 Å². The van der Waals surface area contributed by atoms with E-state index in [-0.39, 0.29) is 32.7 Å². The van der Waals surface area contributed by atoms with E-state index in [0.29, 0.717) is 0 Å². The van der Waals surface area contributed by atoms with Gasteiger partial charge in [0.15, 0.2) is 0 Å². The maximum Gasteiger partial charge on any atom is 0.0266 e. The standard InChI is InChI=1S/C31H20.C15H24.Y/c1-3-13-23(14-4-1)31(24-15-5-2-6-16-24)29-21-11-9-19-27(29)25-17-7-8-18-26(25)28-20-10-12-22-30(28)31;1-4-7-8-9-15-11-13(5-2)10-14(6-3)12-15;/h1-13,15,17-22H;10-12H,4-9H2,1-3H3;/q-2;;. The molecular formula is C46H44Y-2. The van der Waals surface area contributed by atoms with Crippen molar-refractivity contribution in [2.24, 2.45) is 0 Å². The average molecular weight is 686 g/mol. The molecule has 233 valence electrons. The van der Waals surface area contributed by atoms with Gasteiger partial charge in [0.05, 0.1) is 0 Å². The first-order chi connectivity index (χ1) is 22.7. The van der Waals surface area contributed by atoms with Gasteiger partial charge in [-0.15, -0.1) is 11.1 Å². The molecule has 0 nitrogen and oxygen atoms in total. The molecule has 6 aromatic carbocycles. The van der Waals surface area contributed by atoms with E-state index in [2.05, 4.69) is 148 Å². The van der Waals surface area contributed by atoms with Gasteiger partial charge in [0.25, 0.3) is 0 Å². The Bertz CT molecular complexity index is 1740. The quantitative estimate of drug-likeness (QED) is 0.110. The van der Waals surface area contributed by atoms with Gasteiger partial charge in [0.1, 0.15) is 0 Å². The average Bonchev–Trinajstić information content (AvgIpc) is 3.24. The van der Waals surface area contributed by atoms with E-state index in [4.69, 9.17) is 0 Å². The van der Waals surface area contributed by atoms with E-state index in [1.165, 1.54) is 70.2 Å². The fourth-order valence-corrected chi connectivity index (χ4v) is 7.14.